The van der Waals surface area contributed by atoms with Crippen molar-refractivity contribution in [3.8, 4) is 0 Å². The molecule has 0 aliphatic carbocycles. The SMILES string of the molecule is CC(C)(C)C=C(C=C[CH]=[V])C(C)(C)C. The predicted molar refractivity (Wildman–Crippen MR) is 62.2 cm³/mol. The number of allylic oxidation sites excluding steroid dienone is 4. The summed E-state index contributed by atoms with van der Waals surface area (Å²) < 4.78 is 2.01. The summed E-state index contributed by atoms with van der Waals surface area (Å²) in [6.07, 6.45) is 6.63. The summed E-state index contributed by atoms with van der Waals surface area (Å²) in [5.74, 6) is 0. The van der Waals surface area contributed by atoms with Crippen molar-refractivity contribution >= 4 is 4.73 Å². The van der Waals surface area contributed by atoms with Crippen LogP contribution in [0.25, 0.3) is 0 Å². The van der Waals surface area contributed by atoms with Crippen molar-refractivity contribution in [1.29, 1.82) is 0 Å². The standard InChI is InChI=1S/C13H22.V/c1-8-9-11(13(5,6)7)10-12(2,3)4;/h1,8-10H,2-7H3;. The van der Waals surface area contributed by atoms with Crippen molar-refractivity contribution in [2.75, 3.05) is 0 Å². The Bertz CT molecular complexity index is 243. The van der Waals surface area contributed by atoms with Gasteiger partial charge < -0.3 is 0 Å². The van der Waals surface area contributed by atoms with Gasteiger partial charge >= 0.3 is 97.9 Å². The van der Waals surface area contributed by atoms with Crippen LogP contribution in [0.5, 0.6) is 0 Å². The zero-order valence-electron chi connectivity index (χ0n) is 10.3. The Morgan fingerprint density at radius 1 is 1.00 bits per heavy atom. The van der Waals surface area contributed by atoms with Crippen LogP contribution in [-0.2, 0) is 17.0 Å². The maximum absolute atomic E-state index is 2.46. The molecule has 0 unspecified atom stereocenters. The van der Waals surface area contributed by atoms with Crippen molar-refractivity contribution in [2.45, 2.75) is 41.5 Å². The first-order valence-corrected chi connectivity index (χ1v) is 5.85. The van der Waals surface area contributed by atoms with E-state index in [9.17, 15) is 0 Å². The Morgan fingerprint density at radius 2 is 1.50 bits per heavy atom. The Kier molecular flexibility index (Phi) is 5.11. The summed E-state index contributed by atoms with van der Waals surface area (Å²) >= 11 is 2.46. The van der Waals surface area contributed by atoms with Crippen LogP contribution in [0.4, 0.5) is 0 Å². The summed E-state index contributed by atoms with van der Waals surface area (Å²) in [4.78, 5) is 0. The molecule has 0 saturated carbocycles. The van der Waals surface area contributed by atoms with E-state index >= 15 is 0 Å². The van der Waals surface area contributed by atoms with Crippen LogP contribution in [0, 0.1) is 10.8 Å². The molecule has 0 aliphatic rings. The second kappa shape index (κ2) is 5.14. The molecular formula is C13H22V. The number of hydrogen-bond acceptors (Lipinski definition) is 0. The van der Waals surface area contributed by atoms with Crippen LogP contribution in [-0.4, -0.2) is 4.73 Å². The number of hydrogen-bond donors (Lipinski definition) is 0. The van der Waals surface area contributed by atoms with Gasteiger partial charge in [0.15, 0.2) is 0 Å². The van der Waals surface area contributed by atoms with Gasteiger partial charge in [-0.3, -0.25) is 0 Å². The summed E-state index contributed by atoms with van der Waals surface area (Å²) in [5, 5.41) is 0. The van der Waals surface area contributed by atoms with Crippen molar-refractivity contribution in [2.24, 2.45) is 10.8 Å². The Balaban J connectivity index is 5.02. The zero-order valence-corrected chi connectivity index (χ0v) is 11.7. The monoisotopic (exact) mass is 229 g/mol. The van der Waals surface area contributed by atoms with E-state index in [1.54, 1.807) is 0 Å². The first kappa shape index (κ1) is 13.9. The van der Waals surface area contributed by atoms with Crippen LogP contribution < -0.4 is 0 Å². The molecule has 0 heterocycles. The van der Waals surface area contributed by atoms with Crippen molar-refractivity contribution < 1.29 is 17.0 Å². The molecule has 0 amide bonds. The third kappa shape index (κ3) is 6.40. The van der Waals surface area contributed by atoms with Gasteiger partial charge in [-0.1, -0.05) is 0 Å². The summed E-state index contributed by atoms with van der Waals surface area (Å²) in [7, 11) is 0. The molecule has 0 aromatic rings. The van der Waals surface area contributed by atoms with Gasteiger partial charge in [0.2, 0.25) is 0 Å². The van der Waals surface area contributed by atoms with Crippen LogP contribution >= 0.6 is 0 Å². The number of rotatable bonds is 2. The van der Waals surface area contributed by atoms with Gasteiger partial charge in [0.05, 0.1) is 0 Å². The van der Waals surface area contributed by atoms with Gasteiger partial charge in [0, 0.05) is 0 Å². The zero-order chi connectivity index (χ0) is 11.4. The molecule has 0 aromatic heterocycles. The first-order chi connectivity index (χ1) is 6.17. The quantitative estimate of drug-likeness (QED) is 0.630. The van der Waals surface area contributed by atoms with Gasteiger partial charge in [-0.15, -0.1) is 0 Å². The van der Waals surface area contributed by atoms with E-state index in [1.807, 2.05) is 4.73 Å². The molecule has 0 bridgehead atoms. The maximum atomic E-state index is 2.46. The second-order valence-electron chi connectivity index (χ2n) is 5.72. The Labute approximate surface area is 98.0 Å². The van der Waals surface area contributed by atoms with E-state index in [0.717, 1.165) is 0 Å². The molecule has 0 aliphatic heterocycles. The molecule has 0 rings (SSSR count). The molecule has 0 nitrogen and oxygen atoms in total. The summed E-state index contributed by atoms with van der Waals surface area (Å²) in [5.41, 5.74) is 1.86. The van der Waals surface area contributed by atoms with Gasteiger partial charge in [0.1, 0.15) is 0 Å². The van der Waals surface area contributed by atoms with E-state index in [-0.39, 0.29) is 10.8 Å². The van der Waals surface area contributed by atoms with Crippen molar-refractivity contribution in [3.63, 3.8) is 0 Å². The molecule has 0 spiro atoms. The van der Waals surface area contributed by atoms with Gasteiger partial charge in [-0.05, 0) is 0 Å². The predicted octanol–water partition coefficient (Wildman–Crippen LogP) is 3.91. The summed E-state index contributed by atoms with van der Waals surface area (Å²) in [6.45, 7) is 13.5. The fourth-order valence-electron chi connectivity index (χ4n) is 1.13. The fourth-order valence-corrected chi connectivity index (χ4v) is 1.26. The molecule has 79 valence electrons. The normalized spacial score (nSPS) is 14.8. The first-order valence-electron chi connectivity index (χ1n) is 5.04. The van der Waals surface area contributed by atoms with E-state index in [1.165, 1.54) is 5.57 Å². The minimum atomic E-state index is 0.222. The van der Waals surface area contributed by atoms with Crippen LogP contribution in [0.1, 0.15) is 41.5 Å². The van der Waals surface area contributed by atoms with Crippen LogP contribution in [0.15, 0.2) is 23.8 Å². The fraction of sp³-hybridized carbons (Fsp3) is 0.615. The molecule has 0 atom stereocenters. The van der Waals surface area contributed by atoms with E-state index in [4.69, 9.17) is 0 Å². The molecule has 14 heavy (non-hydrogen) atoms. The Morgan fingerprint density at radius 3 is 1.79 bits per heavy atom. The van der Waals surface area contributed by atoms with Crippen LogP contribution in [0.2, 0.25) is 0 Å². The molecular weight excluding hydrogens is 207 g/mol. The average molecular weight is 229 g/mol. The molecule has 0 radical (unpaired) electrons. The van der Waals surface area contributed by atoms with Gasteiger partial charge in [0.25, 0.3) is 0 Å². The van der Waals surface area contributed by atoms with Crippen molar-refractivity contribution in [1.82, 2.24) is 0 Å². The molecule has 0 aromatic carbocycles. The van der Waals surface area contributed by atoms with Gasteiger partial charge in [-0.2, -0.15) is 0 Å². The molecule has 0 saturated heterocycles. The van der Waals surface area contributed by atoms with E-state index in [2.05, 4.69) is 76.7 Å². The third-order valence-electron chi connectivity index (χ3n) is 1.82. The topological polar surface area (TPSA) is 0 Å². The van der Waals surface area contributed by atoms with Crippen molar-refractivity contribution in [3.05, 3.63) is 23.8 Å². The van der Waals surface area contributed by atoms with Crippen LogP contribution in [0.3, 0.4) is 0 Å². The van der Waals surface area contributed by atoms with E-state index < -0.39 is 0 Å². The minimum absolute atomic E-state index is 0.222. The van der Waals surface area contributed by atoms with Gasteiger partial charge in [-0.25, -0.2) is 0 Å². The molecule has 1 heteroatoms. The Hall–Kier alpha value is -0.0656. The average Bonchev–Trinajstić information content (AvgIpc) is 1.93. The second-order valence-corrected chi connectivity index (χ2v) is 6.19. The summed E-state index contributed by atoms with van der Waals surface area (Å²) in [6, 6.07) is 0. The molecule has 0 N–H and O–H groups in total. The third-order valence-corrected chi connectivity index (χ3v) is 2.09. The molecule has 0 fully saturated rings. The van der Waals surface area contributed by atoms with E-state index in [0.29, 0.717) is 0 Å².